The van der Waals surface area contributed by atoms with Crippen LogP contribution in [-0.2, 0) is 28.6 Å². The van der Waals surface area contributed by atoms with Crippen LogP contribution in [0.5, 0.6) is 0 Å². The van der Waals surface area contributed by atoms with E-state index in [1.165, 1.54) is 0 Å². The molecule has 0 rings (SSSR count). The van der Waals surface area contributed by atoms with Gasteiger partial charge in [0.25, 0.3) is 0 Å². The zero-order valence-corrected chi connectivity index (χ0v) is 44.3. The van der Waals surface area contributed by atoms with Gasteiger partial charge in [0, 0.05) is 88.8 Å². The first kappa shape index (κ1) is 67.9. The van der Waals surface area contributed by atoms with Crippen LogP contribution in [0.25, 0.3) is 0 Å². The van der Waals surface area contributed by atoms with Crippen molar-refractivity contribution in [3.63, 3.8) is 0 Å². The highest BCUT2D eigenvalue weighted by atomic mass is 16.6. The lowest BCUT2D eigenvalue weighted by atomic mass is 9.88. The minimum Gasteiger partial charge on any atom is -0.455 e. The molecule has 0 aliphatic rings. The van der Waals surface area contributed by atoms with E-state index >= 15 is 0 Å². The first-order valence-corrected chi connectivity index (χ1v) is 22.2. The first-order valence-electron chi connectivity index (χ1n) is 22.2. The fraction of sp³-hybridized carbons (Fsp3) is 0.115. The number of carbonyl (C=O) groups is 3. The van der Waals surface area contributed by atoms with Gasteiger partial charge in [-0.1, -0.05) is 24.7 Å². The van der Waals surface area contributed by atoms with E-state index in [4.69, 9.17) is 14.2 Å². The summed E-state index contributed by atoms with van der Waals surface area (Å²) in [6.45, 7) is 5.35. The molecule has 0 unspecified atom stereocenters. The highest BCUT2D eigenvalue weighted by Crippen LogP contribution is 2.24. The van der Waals surface area contributed by atoms with Crippen molar-refractivity contribution in [1.29, 1.82) is 0 Å². The molecule has 0 fully saturated rings. The Morgan fingerprint density at radius 2 is 0.333 bits per heavy atom. The van der Waals surface area contributed by atoms with E-state index in [1.54, 1.807) is 27.7 Å². The molecule has 0 aliphatic heterocycles. The van der Waals surface area contributed by atoms with E-state index < -0.39 is 43.1 Å². The van der Waals surface area contributed by atoms with Gasteiger partial charge in [0.15, 0.2) is 0 Å². The molecule has 0 atom stereocenters. The van der Waals surface area contributed by atoms with Gasteiger partial charge in [-0.25, -0.2) is 14.4 Å². The molecule has 84 heavy (non-hydrogen) atoms. The molecule has 0 radical (unpaired) electrons. The second-order valence-electron chi connectivity index (χ2n) is 12.2. The van der Waals surface area contributed by atoms with Crippen molar-refractivity contribution in [2.75, 3.05) is 19.8 Å². The number of carbonyl (C=O) groups excluding carboxylic acids is 3. The molecule has 368 valence electrons. The summed E-state index contributed by atoms with van der Waals surface area (Å²) in [7, 11) is 0. The zero-order chi connectivity index (χ0) is 60.9. The Kier molecular flexibility index (Phi) is 45.4. The summed E-state index contributed by atoms with van der Waals surface area (Å²) in [5.41, 5.74) is -1.29. The second-order valence-corrected chi connectivity index (χ2v) is 12.2. The summed E-state index contributed by atoms with van der Waals surface area (Å²) < 4.78 is 15.9. The van der Waals surface area contributed by atoms with Gasteiger partial charge in [-0.3, -0.25) is 0 Å². The fourth-order valence-electron chi connectivity index (χ4n) is 3.32. The Morgan fingerprint density at radius 1 is 0.214 bits per heavy atom. The van der Waals surface area contributed by atoms with Crippen molar-refractivity contribution in [3.8, 4) is 391 Å². The Morgan fingerprint density at radius 3 is 0.452 bits per heavy atom. The highest BCUT2D eigenvalue weighted by molar-refractivity contribution is 5.90. The quantitative estimate of drug-likeness (QED) is 0.165. The molecule has 0 saturated heterocycles. The molecular formula is C78H20O6. The fourth-order valence-corrected chi connectivity index (χ4v) is 3.32. The second kappa shape index (κ2) is 56.2. The van der Waals surface area contributed by atoms with E-state index in [0.717, 1.165) is 0 Å². The lowest BCUT2D eigenvalue weighted by molar-refractivity contribution is -0.154. The van der Waals surface area contributed by atoms with Gasteiger partial charge in [-0.05, 0) is 311 Å². The minimum absolute atomic E-state index is 0.147. The van der Waals surface area contributed by atoms with Gasteiger partial charge in [0.2, 0.25) is 0 Å². The predicted octanol–water partition coefficient (Wildman–Crippen LogP) is 1.18. The Balaban J connectivity index is 5.91. The van der Waals surface area contributed by atoms with Gasteiger partial charge in [-0.15, -0.1) is 0 Å². The van der Waals surface area contributed by atoms with E-state index in [1.807, 2.05) is 0 Å². The van der Waals surface area contributed by atoms with Crippen LogP contribution in [0.1, 0.15) is 34.1 Å². The summed E-state index contributed by atoms with van der Waals surface area (Å²) in [4.78, 5) is 37.6. The maximum Gasteiger partial charge on any atom is 0.385 e. The number of hydrogen-bond donors (Lipinski definition) is 0. The minimum atomic E-state index is -1.29. The summed E-state index contributed by atoms with van der Waals surface area (Å²) in [5, 5.41) is 0. The first-order chi connectivity index (χ1) is 41.4. The molecule has 0 aromatic carbocycles. The molecular weight excluding hydrogens is 1030 g/mol. The summed E-state index contributed by atoms with van der Waals surface area (Å²) in [5.74, 6) is 159. The van der Waals surface area contributed by atoms with E-state index in [0.29, 0.717) is 0 Å². The van der Waals surface area contributed by atoms with Crippen LogP contribution < -0.4 is 0 Å². The Bertz CT molecular complexity index is 4510. The Hall–Kier alpha value is -16.1. The third-order valence-corrected chi connectivity index (χ3v) is 6.71. The number of rotatable bonds is 7. The average molecular weight is 1050 g/mol. The van der Waals surface area contributed by atoms with Crippen molar-refractivity contribution in [3.05, 3.63) is 0 Å². The van der Waals surface area contributed by atoms with Gasteiger partial charge in [-0.2, -0.15) is 0 Å². The van der Waals surface area contributed by atoms with Gasteiger partial charge < -0.3 is 14.2 Å². The third kappa shape index (κ3) is 50.8. The van der Waals surface area contributed by atoms with Gasteiger partial charge >= 0.3 is 17.9 Å². The molecule has 6 nitrogen and oxygen atoms in total. The monoisotopic (exact) mass is 1050 g/mol. The van der Waals surface area contributed by atoms with E-state index in [2.05, 4.69) is 391 Å². The van der Waals surface area contributed by atoms with Gasteiger partial charge in [0.1, 0.15) is 19.8 Å². The summed E-state index contributed by atoms with van der Waals surface area (Å²) >= 11 is 0. The van der Waals surface area contributed by atoms with Crippen LogP contribution in [0, 0.1) is 396 Å². The van der Waals surface area contributed by atoms with Crippen molar-refractivity contribution >= 4 is 17.9 Å². The Labute approximate surface area is 494 Å². The van der Waals surface area contributed by atoms with Crippen LogP contribution in [0.15, 0.2) is 0 Å². The third-order valence-electron chi connectivity index (χ3n) is 6.71. The van der Waals surface area contributed by atoms with E-state index in [-0.39, 0.29) is 6.42 Å². The molecule has 0 saturated carbocycles. The SMILES string of the molecule is CC#CC#CC#CC#CC#CC#CC#CC#CC#CC#CC#CC(=O)OCC(CC)(COC(=O)C#CC#CC#CC#CC#CC#CC#CC#CC#CC#CC#CC)COC(=O)C#CC#CC#CC#CC#CC#CC#CC#CC#CC#CC#CC. The maximum absolute atomic E-state index is 12.5. The number of esters is 3. The number of ether oxygens (including phenoxy) is 3. The molecule has 0 bridgehead atoms. The molecule has 0 aromatic rings. The average Bonchev–Trinajstić information content (AvgIpc) is 3.63. The van der Waals surface area contributed by atoms with Crippen molar-refractivity contribution in [2.24, 2.45) is 5.41 Å². The smallest absolute Gasteiger partial charge is 0.385 e. The molecule has 0 amide bonds. The predicted molar refractivity (Wildman–Crippen MR) is 319 cm³/mol. The highest BCUT2D eigenvalue weighted by Gasteiger charge is 2.34. The molecule has 0 spiro atoms. The standard InChI is InChI=1S/C78H20O6/c1-5-9-12-15-18-21-24-27-30-33-36-39-42-45-48-51-54-57-60-63-66-69-75(79)82-72-78(8-4,73-83-76(80)70-67-64-61-58-55-52-49-46-43-40-37-34-31-28-25-22-19-16-13-10-6-2)74-84-77(81)71-68-65-62-59-56-53-50-47-44-41-38-35-32-29-26-23-20-17-14-11-7-3/h8,72-74H2,1-4H3. The van der Waals surface area contributed by atoms with Crippen LogP contribution in [0.2, 0.25) is 0 Å². The van der Waals surface area contributed by atoms with Crippen LogP contribution in [-0.4, -0.2) is 37.7 Å². The lowest BCUT2D eigenvalue weighted by Crippen LogP contribution is -2.38. The van der Waals surface area contributed by atoms with Crippen LogP contribution in [0.3, 0.4) is 0 Å². The summed E-state index contributed by atoms with van der Waals surface area (Å²) in [6.07, 6.45) is 0.147. The number of hydrogen-bond acceptors (Lipinski definition) is 6. The van der Waals surface area contributed by atoms with Crippen LogP contribution >= 0.6 is 0 Å². The molecule has 6 heteroatoms. The molecule has 0 aromatic heterocycles. The zero-order valence-electron chi connectivity index (χ0n) is 44.3. The summed E-state index contributed by atoms with van der Waals surface area (Å²) in [6, 6.07) is 0. The molecule has 0 aliphatic carbocycles. The van der Waals surface area contributed by atoms with Crippen molar-refractivity contribution in [2.45, 2.75) is 34.1 Å². The van der Waals surface area contributed by atoms with Gasteiger partial charge in [0.05, 0.1) is 5.41 Å². The maximum atomic E-state index is 12.5. The topological polar surface area (TPSA) is 78.9 Å². The van der Waals surface area contributed by atoms with Crippen molar-refractivity contribution < 1.29 is 28.6 Å². The largest absolute Gasteiger partial charge is 0.455 e. The lowest BCUT2D eigenvalue weighted by Gasteiger charge is -2.30. The van der Waals surface area contributed by atoms with E-state index in [9.17, 15) is 14.4 Å². The molecule has 0 N–H and O–H groups in total. The van der Waals surface area contributed by atoms with Crippen LogP contribution in [0.4, 0.5) is 0 Å². The van der Waals surface area contributed by atoms with Crippen molar-refractivity contribution in [1.82, 2.24) is 0 Å². The normalized spacial score (nSPS) is 5.43. The molecule has 0 heterocycles.